The van der Waals surface area contributed by atoms with Crippen LogP contribution in [0.4, 0.5) is 0 Å². The van der Waals surface area contributed by atoms with Gasteiger partial charge in [-0.05, 0) is 6.42 Å². The van der Waals surface area contributed by atoms with Crippen molar-refractivity contribution in [3.63, 3.8) is 0 Å². The maximum atomic E-state index is 10.2. The maximum absolute atomic E-state index is 10.2. The van der Waals surface area contributed by atoms with Crippen LogP contribution in [0.2, 0.25) is 0 Å². The number of hydrogen-bond acceptors (Lipinski definition) is 3. The molecule has 0 aromatic heterocycles. The van der Waals surface area contributed by atoms with Gasteiger partial charge in [-0.2, -0.15) is 8.42 Å². The van der Waals surface area contributed by atoms with Crippen molar-refractivity contribution in [2.75, 3.05) is 6.61 Å². The number of hydrogen-bond donors (Lipinski definition) is 1. The van der Waals surface area contributed by atoms with Crippen molar-refractivity contribution in [1.29, 1.82) is 0 Å². The van der Waals surface area contributed by atoms with Gasteiger partial charge in [0.2, 0.25) is 0 Å². The quantitative estimate of drug-likeness (QED) is 0.504. The van der Waals surface area contributed by atoms with E-state index in [1.165, 1.54) is 0 Å². The van der Waals surface area contributed by atoms with Gasteiger partial charge in [0.1, 0.15) is 0 Å². The third-order valence-electron chi connectivity index (χ3n) is 1.25. The molecule has 0 aliphatic rings. The van der Waals surface area contributed by atoms with Crippen LogP contribution in [0.5, 0.6) is 0 Å². The monoisotopic (exact) mass is 223 g/mol. The summed E-state index contributed by atoms with van der Waals surface area (Å²) >= 11 is 0. The Kier molecular flexibility index (Phi) is 11.3. The second-order valence-electron chi connectivity index (χ2n) is 2.38. The number of nitrogens with two attached hydrogens (primary N) is 1. The minimum atomic E-state index is -3.71. The third-order valence-corrected chi connectivity index (χ3v) is 1.74. The standard InChI is InChI=1S/C6H15NO3S.Ca.2H/c1-2-3-4-5-6-10-11(7,8)9;;;/h2-6H2,1H3,(H2,7,8,9);;;. The van der Waals surface area contributed by atoms with Crippen LogP contribution in [-0.2, 0) is 14.5 Å². The Morgan fingerprint density at radius 1 is 1.25 bits per heavy atom. The molecule has 0 fully saturated rings. The molecule has 0 unspecified atom stereocenters. The molecule has 0 spiro atoms. The van der Waals surface area contributed by atoms with E-state index in [1.54, 1.807) is 0 Å². The van der Waals surface area contributed by atoms with E-state index >= 15 is 0 Å². The summed E-state index contributed by atoms with van der Waals surface area (Å²) in [5.74, 6) is 0. The van der Waals surface area contributed by atoms with Crippen LogP contribution in [-0.4, -0.2) is 52.8 Å². The summed E-state index contributed by atoms with van der Waals surface area (Å²) in [7, 11) is -3.71. The van der Waals surface area contributed by atoms with E-state index in [0.29, 0.717) is 0 Å². The number of rotatable bonds is 6. The van der Waals surface area contributed by atoms with E-state index < -0.39 is 10.3 Å². The molecule has 0 bridgehead atoms. The Balaban J connectivity index is 0. The third kappa shape index (κ3) is 13.7. The van der Waals surface area contributed by atoms with Gasteiger partial charge in [-0.1, -0.05) is 26.2 Å². The zero-order chi connectivity index (χ0) is 8.74. The van der Waals surface area contributed by atoms with Crippen LogP contribution < -0.4 is 5.14 Å². The first-order valence-corrected chi connectivity index (χ1v) is 5.20. The molecular formula is C6H17CaNO3S. The Morgan fingerprint density at radius 3 is 2.25 bits per heavy atom. The molecule has 0 aromatic carbocycles. The molecule has 0 aromatic rings. The van der Waals surface area contributed by atoms with Crippen LogP contribution in [0.3, 0.4) is 0 Å². The fourth-order valence-corrected chi connectivity index (χ4v) is 1.05. The molecule has 0 radical (unpaired) electrons. The fourth-order valence-electron chi connectivity index (χ4n) is 0.704. The van der Waals surface area contributed by atoms with Crippen molar-refractivity contribution >= 4 is 48.0 Å². The summed E-state index contributed by atoms with van der Waals surface area (Å²) in [6.45, 7) is 2.29. The Labute approximate surface area is 104 Å². The molecular weight excluding hydrogens is 206 g/mol. The van der Waals surface area contributed by atoms with Crippen molar-refractivity contribution in [3.8, 4) is 0 Å². The summed E-state index contributed by atoms with van der Waals surface area (Å²) < 4.78 is 24.8. The zero-order valence-corrected chi connectivity index (χ0v) is 7.56. The first-order valence-electron chi connectivity index (χ1n) is 3.73. The van der Waals surface area contributed by atoms with Gasteiger partial charge < -0.3 is 0 Å². The van der Waals surface area contributed by atoms with Gasteiger partial charge in [0.25, 0.3) is 0 Å². The zero-order valence-electron chi connectivity index (χ0n) is 6.75. The summed E-state index contributed by atoms with van der Waals surface area (Å²) in [4.78, 5) is 0. The van der Waals surface area contributed by atoms with Gasteiger partial charge in [0.05, 0.1) is 6.61 Å². The van der Waals surface area contributed by atoms with Crippen LogP contribution in [0.1, 0.15) is 32.6 Å². The fraction of sp³-hybridized carbons (Fsp3) is 1.00. The van der Waals surface area contributed by atoms with Gasteiger partial charge >= 0.3 is 48.0 Å². The van der Waals surface area contributed by atoms with Gasteiger partial charge in [-0.15, -0.1) is 0 Å². The van der Waals surface area contributed by atoms with E-state index in [-0.39, 0.29) is 44.3 Å². The first kappa shape index (κ1) is 15.6. The molecule has 0 aliphatic heterocycles. The molecule has 0 aliphatic carbocycles. The summed E-state index contributed by atoms with van der Waals surface area (Å²) in [5.41, 5.74) is 0. The van der Waals surface area contributed by atoms with Crippen molar-refractivity contribution in [1.82, 2.24) is 0 Å². The summed E-state index contributed by atoms with van der Waals surface area (Å²) in [6, 6.07) is 0. The number of unbranched alkanes of at least 4 members (excludes halogenated alkanes) is 3. The molecule has 0 saturated heterocycles. The van der Waals surface area contributed by atoms with Crippen molar-refractivity contribution in [2.24, 2.45) is 5.14 Å². The Bertz CT molecular complexity index is 181. The average Bonchev–Trinajstić information content (AvgIpc) is 1.85. The normalized spacial score (nSPS) is 10.8. The van der Waals surface area contributed by atoms with Crippen LogP contribution in [0.25, 0.3) is 0 Å². The molecule has 0 rings (SSSR count). The van der Waals surface area contributed by atoms with E-state index in [4.69, 9.17) is 0 Å². The van der Waals surface area contributed by atoms with Crippen molar-refractivity contribution < 1.29 is 12.6 Å². The van der Waals surface area contributed by atoms with E-state index in [0.717, 1.165) is 25.7 Å². The van der Waals surface area contributed by atoms with Crippen LogP contribution >= 0.6 is 0 Å². The minimum absolute atomic E-state index is 0. The van der Waals surface area contributed by atoms with Gasteiger partial charge in [-0.3, -0.25) is 4.18 Å². The molecule has 4 nitrogen and oxygen atoms in total. The molecule has 72 valence electrons. The van der Waals surface area contributed by atoms with Crippen LogP contribution in [0, 0.1) is 0 Å². The van der Waals surface area contributed by atoms with E-state index in [9.17, 15) is 8.42 Å². The average molecular weight is 223 g/mol. The van der Waals surface area contributed by atoms with E-state index in [2.05, 4.69) is 16.2 Å². The first-order chi connectivity index (χ1) is 5.06. The summed E-state index contributed by atoms with van der Waals surface area (Å²) in [6.07, 6.45) is 3.97. The Hall–Kier alpha value is 1.13. The molecule has 0 atom stereocenters. The van der Waals surface area contributed by atoms with E-state index in [1.807, 2.05) is 0 Å². The second-order valence-corrected chi connectivity index (χ2v) is 3.60. The molecule has 12 heavy (non-hydrogen) atoms. The SMILES string of the molecule is CCCCCCOS(N)(=O)=O.[CaH2]. The van der Waals surface area contributed by atoms with Gasteiger partial charge in [0, 0.05) is 0 Å². The molecule has 0 amide bonds. The van der Waals surface area contributed by atoms with Gasteiger partial charge in [0.15, 0.2) is 0 Å². The van der Waals surface area contributed by atoms with Crippen LogP contribution in [0.15, 0.2) is 0 Å². The predicted octanol–water partition coefficient (Wildman–Crippen LogP) is -0.129. The molecule has 6 heteroatoms. The molecule has 0 heterocycles. The second kappa shape index (κ2) is 8.72. The van der Waals surface area contributed by atoms with Crippen molar-refractivity contribution in [3.05, 3.63) is 0 Å². The van der Waals surface area contributed by atoms with Gasteiger partial charge in [-0.25, -0.2) is 5.14 Å². The van der Waals surface area contributed by atoms with Crippen molar-refractivity contribution in [2.45, 2.75) is 32.6 Å². The molecule has 0 saturated carbocycles. The molecule has 2 N–H and O–H groups in total. The topological polar surface area (TPSA) is 69.4 Å². The predicted molar refractivity (Wildman–Crippen MR) is 51.7 cm³/mol. The summed E-state index contributed by atoms with van der Waals surface area (Å²) in [5, 5.41) is 4.60. The Morgan fingerprint density at radius 2 is 1.83 bits per heavy atom.